The number of fused-ring (bicyclic) bond motifs is 1. The number of carbonyl (C=O) groups is 1. The maximum Gasteiger partial charge on any atom is 0.409 e. The molecule has 2 aromatic rings. The summed E-state index contributed by atoms with van der Waals surface area (Å²) in [6, 6.07) is 8.00. The number of carbonyl (C=O) groups excluding carboxylic acids is 1. The van der Waals surface area contributed by atoms with Crippen molar-refractivity contribution in [2.75, 3.05) is 6.54 Å². The molecule has 1 fully saturated rings. The van der Waals surface area contributed by atoms with E-state index in [0.717, 1.165) is 10.4 Å². The Morgan fingerprint density at radius 2 is 1.89 bits per heavy atom. The van der Waals surface area contributed by atoms with Crippen LogP contribution >= 0.6 is 0 Å². The summed E-state index contributed by atoms with van der Waals surface area (Å²) in [5, 5.41) is 2.39. The zero-order valence-corrected chi connectivity index (χ0v) is 15.7. The van der Waals surface area contributed by atoms with E-state index in [2.05, 4.69) is 5.43 Å². The van der Waals surface area contributed by atoms with Crippen LogP contribution in [0.3, 0.4) is 0 Å². The van der Waals surface area contributed by atoms with Crippen molar-refractivity contribution in [3.8, 4) is 5.75 Å². The topological polar surface area (TPSA) is 41.6 Å². The molecule has 0 spiro atoms. The monoisotopic (exact) mass is 380 g/mol. The van der Waals surface area contributed by atoms with Crippen LogP contribution in [0.4, 0.5) is 13.2 Å². The van der Waals surface area contributed by atoms with Gasteiger partial charge in [0.1, 0.15) is 11.8 Å². The molecule has 1 N–H and O–H groups in total. The second-order valence-electron chi connectivity index (χ2n) is 7.80. The highest BCUT2D eigenvalue weighted by atomic mass is 19.4. The van der Waals surface area contributed by atoms with E-state index < -0.39 is 23.5 Å². The summed E-state index contributed by atoms with van der Waals surface area (Å²) < 4.78 is 47.4. The lowest BCUT2D eigenvalue weighted by Crippen LogP contribution is -2.43. The van der Waals surface area contributed by atoms with Crippen LogP contribution in [0.25, 0.3) is 10.8 Å². The lowest BCUT2D eigenvalue weighted by Gasteiger charge is -2.30. The maximum atomic E-state index is 13.9. The van der Waals surface area contributed by atoms with Crippen LogP contribution in [0.15, 0.2) is 36.4 Å². The molecule has 2 aromatic carbocycles. The van der Waals surface area contributed by atoms with Gasteiger partial charge < -0.3 is 4.74 Å². The van der Waals surface area contributed by atoms with Gasteiger partial charge in [0.15, 0.2) is 0 Å². The van der Waals surface area contributed by atoms with Gasteiger partial charge in [0, 0.05) is 11.9 Å². The Morgan fingerprint density at radius 1 is 1.19 bits per heavy atom. The largest absolute Gasteiger partial charge is 0.490 e. The van der Waals surface area contributed by atoms with Gasteiger partial charge in [0.2, 0.25) is 5.91 Å². The summed E-state index contributed by atoms with van der Waals surface area (Å²) in [5.41, 5.74) is 1.59. The number of nitrogens with one attached hydrogen (secondary N) is 1. The molecule has 0 bridgehead atoms. The maximum absolute atomic E-state index is 13.9. The van der Waals surface area contributed by atoms with Gasteiger partial charge >= 0.3 is 6.18 Å². The molecule has 1 aliphatic rings. The highest BCUT2D eigenvalue weighted by Gasteiger charge is 2.51. The molecule has 0 radical (unpaired) electrons. The van der Waals surface area contributed by atoms with Crippen molar-refractivity contribution in [3.63, 3.8) is 0 Å². The number of benzene rings is 2. The molecule has 27 heavy (non-hydrogen) atoms. The van der Waals surface area contributed by atoms with Crippen molar-refractivity contribution in [1.82, 2.24) is 10.4 Å². The van der Waals surface area contributed by atoms with Crippen LogP contribution in [0.5, 0.6) is 5.75 Å². The van der Waals surface area contributed by atoms with Crippen LogP contribution in [-0.4, -0.2) is 29.7 Å². The third kappa shape index (κ3) is 3.88. The van der Waals surface area contributed by atoms with E-state index in [4.69, 9.17) is 4.74 Å². The van der Waals surface area contributed by atoms with Crippen LogP contribution in [0.1, 0.15) is 39.3 Å². The van der Waals surface area contributed by atoms with Crippen molar-refractivity contribution >= 4 is 16.7 Å². The number of hydrogen-bond acceptors (Lipinski definition) is 3. The Balaban J connectivity index is 2.03. The molecular weight excluding hydrogens is 357 g/mol. The molecule has 146 valence electrons. The van der Waals surface area contributed by atoms with Crippen LogP contribution in [-0.2, 0) is 4.79 Å². The minimum absolute atomic E-state index is 0.0233. The van der Waals surface area contributed by atoms with Crippen LogP contribution < -0.4 is 10.2 Å². The Morgan fingerprint density at radius 3 is 2.44 bits per heavy atom. The molecule has 0 saturated carbocycles. The Hall–Kier alpha value is -2.28. The summed E-state index contributed by atoms with van der Waals surface area (Å²) in [6.07, 6.45) is -4.58. The Kier molecular flexibility index (Phi) is 4.84. The van der Waals surface area contributed by atoms with Crippen molar-refractivity contribution in [1.29, 1.82) is 0 Å². The number of nitrogens with zero attached hydrogens (tertiary/aromatic N) is 1. The van der Waals surface area contributed by atoms with E-state index in [1.54, 1.807) is 38.1 Å². The molecule has 1 saturated heterocycles. The summed E-state index contributed by atoms with van der Waals surface area (Å²) >= 11 is 0. The third-order valence-corrected chi connectivity index (χ3v) is 4.59. The van der Waals surface area contributed by atoms with E-state index >= 15 is 0 Å². The summed E-state index contributed by atoms with van der Waals surface area (Å²) in [5.74, 6) is 0.221. The first-order chi connectivity index (χ1) is 12.5. The van der Waals surface area contributed by atoms with E-state index in [-0.39, 0.29) is 18.2 Å². The first kappa shape index (κ1) is 19.5. The third-order valence-electron chi connectivity index (χ3n) is 4.59. The van der Waals surface area contributed by atoms with Gasteiger partial charge in [-0.15, -0.1) is 0 Å². The average Bonchev–Trinajstić information content (AvgIpc) is 2.78. The summed E-state index contributed by atoms with van der Waals surface area (Å²) in [7, 11) is 0. The molecule has 3 rings (SSSR count). The normalized spacial score (nSPS) is 18.7. The molecule has 1 amide bonds. The summed E-state index contributed by atoms with van der Waals surface area (Å²) in [4.78, 5) is 12.0. The fourth-order valence-corrected chi connectivity index (χ4v) is 3.32. The number of rotatable bonds is 4. The fraction of sp³-hybridized carbons (Fsp3) is 0.450. The first-order valence-electron chi connectivity index (χ1n) is 8.83. The molecule has 7 heteroatoms. The smallest absolute Gasteiger partial charge is 0.409 e. The van der Waals surface area contributed by atoms with Gasteiger partial charge in [0.05, 0.1) is 11.5 Å². The van der Waals surface area contributed by atoms with Crippen molar-refractivity contribution < 1.29 is 22.7 Å². The number of halogens is 3. The first-order valence-corrected chi connectivity index (χ1v) is 8.83. The second kappa shape index (κ2) is 6.71. The molecular formula is C20H23F3N2O2. The highest BCUT2D eigenvalue weighted by Crippen LogP contribution is 2.41. The lowest BCUT2D eigenvalue weighted by atomic mass is 9.93. The number of hydrogen-bond donors (Lipinski definition) is 1. The molecule has 0 aliphatic carbocycles. The number of alkyl halides is 3. The minimum atomic E-state index is -4.53. The Bertz CT molecular complexity index is 862. The SMILES string of the molecule is CC(C)Oc1cccc2cc([C@H](N3CC(C)(C)C(=O)N3)C(F)(F)F)ccc12. The lowest BCUT2D eigenvalue weighted by molar-refractivity contribution is -0.191. The van der Waals surface area contributed by atoms with Gasteiger partial charge in [0.25, 0.3) is 0 Å². The fourth-order valence-electron chi connectivity index (χ4n) is 3.32. The molecule has 0 unspecified atom stereocenters. The predicted molar refractivity (Wildman–Crippen MR) is 97.1 cm³/mol. The standard InChI is InChI=1S/C20H23F3N2O2/c1-12(2)27-16-7-5-6-13-10-14(8-9-15(13)16)17(20(21,22)23)25-11-19(3,4)18(26)24-25/h5-10,12,17H,11H2,1-4H3,(H,24,26)/t17-/m0/s1. The highest BCUT2D eigenvalue weighted by molar-refractivity contribution is 5.89. The quantitative estimate of drug-likeness (QED) is 0.843. The van der Waals surface area contributed by atoms with Crippen molar-refractivity contribution in [2.45, 2.75) is 46.0 Å². The molecule has 1 aliphatic heterocycles. The Labute approximate surface area is 156 Å². The molecule has 0 aromatic heterocycles. The molecule has 1 atom stereocenters. The number of hydrazine groups is 1. The van der Waals surface area contributed by atoms with E-state index in [9.17, 15) is 18.0 Å². The average molecular weight is 380 g/mol. The van der Waals surface area contributed by atoms with Gasteiger partial charge in [-0.1, -0.05) is 24.3 Å². The van der Waals surface area contributed by atoms with Crippen LogP contribution in [0, 0.1) is 5.41 Å². The van der Waals surface area contributed by atoms with Gasteiger partial charge in [-0.25, -0.2) is 5.01 Å². The number of ether oxygens (including phenoxy) is 1. The van der Waals surface area contributed by atoms with Crippen LogP contribution in [0.2, 0.25) is 0 Å². The number of amides is 1. The predicted octanol–water partition coefficient (Wildman–Crippen LogP) is 4.60. The minimum Gasteiger partial charge on any atom is -0.490 e. The van der Waals surface area contributed by atoms with Gasteiger partial charge in [-0.2, -0.15) is 13.2 Å². The second-order valence-corrected chi connectivity index (χ2v) is 7.80. The zero-order valence-electron chi connectivity index (χ0n) is 15.7. The zero-order chi connectivity index (χ0) is 20.0. The van der Waals surface area contributed by atoms with Gasteiger partial charge in [-0.3, -0.25) is 10.2 Å². The summed E-state index contributed by atoms with van der Waals surface area (Å²) in [6.45, 7) is 7.03. The van der Waals surface area contributed by atoms with Gasteiger partial charge in [-0.05, 0) is 50.8 Å². The van der Waals surface area contributed by atoms with E-state index in [0.29, 0.717) is 11.1 Å². The van der Waals surface area contributed by atoms with E-state index in [1.165, 1.54) is 12.1 Å². The molecule has 1 heterocycles. The molecule has 4 nitrogen and oxygen atoms in total. The van der Waals surface area contributed by atoms with E-state index in [1.807, 2.05) is 13.8 Å². The van der Waals surface area contributed by atoms with Crippen molar-refractivity contribution in [2.24, 2.45) is 5.41 Å². The van der Waals surface area contributed by atoms with Crippen molar-refractivity contribution in [3.05, 3.63) is 42.0 Å².